The number of imidazole rings is 1. The summed E-state index contributed by atoms with van der Waals surface area (Å²) in [6.45, 7) is 10.5. The van der Waals surface area contributed by atoms with Crippen LogP contribution in [0.15, 0.2) is 60.3 Å². The Hall–Kier alpha value is -3.27. The first kappa shape index (κ1) is 24.4. The van der Waals surface area contributed by atoms with E-state index in [-0.39, 0.29) is 0 Å². The maximum absolute atomic E-state index is 6.36. The fourth-order valence-electron chi connectivity index (χ4n) is 4.00. The van der Waals surface area contributed by atoms with Crippen molar-refractivity contribution in [3.05, 3.63) is 82.1 Å². The van der Waals surface area contributed by atoms with Crippen molar-refractivity contribution < 1.29 is 0 Å². The molecule has 1 atom stereocenters. The lowest BCUT2D eigenvalue weighted by atomic mass is 10.0. The Labute approximate surface area is 198 Å². The average molecular weight is 443 g/mol. The summed E-state index contributed by atoms with van der Waals surface area (Å²) in [5.74, 6) is 7.66. The van der Waals surface area contributed by atoms with Crippen LogP contribution in [0.5, 0.6) is 0 Å². The molecule has 0 saturated carbocycles. The Bertz CT molecular complexity index is 1180. The van der Waals surface area contributed by atoms with E-state index in [1.54, 1.807) is 4.68 Å². The molecule has 1 aromatic heterocycles. The van der Waals surface area contributed by atoms with Gasteiger partial charge in [0.1, 0.15) is 0 Å². The normalized spacial score (nSPS) is 14.9. The fraction of sp³-hybridized carbons (Fsp3) is 0.345. The Balaban J connectivity index is 0.00000149. The highest BCUT2D eigenvalue weighted by Crippen LogP contribution is 2.21. The van der Waals surface area contributed by atoms with Crippen LogP contribution in [-0.2, 0) is 6.42 Å². The summed E-state index contributed by atoms with van der Waals surface area (Å²) in [5.41, 5.74) is 6.03. The van der Waals surface area contributed by atoms with E-state index in [2.05, 4.69) is 92.8 Å². The van der Waals surface area contributed by atoms with Crippen LogP contribution in [0.2, 0.25) is 0 Å². The molecule has 0 fully saturated rings. The van der Waals surface area contributed by atoms with Crippen LogP contribution in [0.25, 0.3) is 23.5 Å². The molecule has 2 aromatic carbocycles. The second kappa shape index (κ2) is 11.6. The van der Waals surface area contributed by atoms with Crippen molar-refractivity contribution in [3.63, 3.8) is 0 Å². The number of aryl methyl sites for hydroxylation is 2. The summed E-state index contributed by atoms with van der Waals surface area (Å²) in [7, 11) is 0. The van der Waals surface area contributed by atoms with Gasteiger partial charge in [0, 0.05) is 16.9 Å². The number of nitrogen functional groups attached to an aromatic ring is 1. The Kier molecular flexibility index (Phi) is 8.53. The van der Waals surface area contributed by atoms with Crippen molar-refractivity contribution in [2.75, 3.05) is 11.2 Å². The summed E-state index contributed by atoms with van der Waals surface area (Å²) in [4.78, 5) is 4.76. The average Bonchev–Trinajstić information content (AvgIpc) is 3.16. The van der Waals surface area contributed by atoms with E-state index in [0.717, 1.165) is 53.5 Å². The lowest BCUT2D eigenvalue weighted by molar-refractivity contribution is 0.787. The van der Waals surface area contributed by atoms with Crippen LogP contribution < -0.4 is 21.9 Å². The number of hydrogen-bond acceptors (Lipinski definition) is 3. The van der Waals surface area contributed by atoms with Crippen LogP contribution >= 0.6 is 0 Å². The Morgan fingerprint density at radius 2 is 1.82 bits per heavy atom. The molecular weight excluding hydrogens is 404 g/mol. The van der Waals surface area contributed by atoms with Gasteiger partial charge in [-0.05, 0) is 68.4 Å². The number of fused-ring (bicyclic) bond motifs is 1. The molecule has 3 aromatic rings. The minimum Gasteiger partial charge on any atom is -0.359 e. The summed E-state index contributed by atoms with van der Waals surface area (Å²) < 4.78 is 1.72. The molecule has 0 aliphatic heterocycles. The first-order valence-corrected chi connectivity index (χ1v) is 12.2. The number of nitrogens with zero attached hydrogens (tertiary/aromatic N) is 2. The molecule has 4 rings (SSSR count). The van der Waals surface area contributed by atoms with Gasteiger partial charge < -0.3 is 11.2 Å². The second-order valence-corrected chi connectivity index (χ2v) is 8.49. The molecular formula is C29H38N4. The number of hydrogen-bond donors (Lipinski definition) is 2. The molecule has 1 unspecified atom stereocenters. The van der Waals surface area contributed by atoms with Gasteiger partial charge in [-0.1, -0.05) is 75.8 Å². The molecule has 0 radical (unpaired) electrons. The molecule has 174 valence electrons. The summed E-state index contributed by atoms with van der Waals surface area (Å²) in [5, 5.41) is 5.60. The van der Waals surface area contributed by atoms with Gasteiger partial charge in [-0.2, -0.15) is 0 Å². The maximum atomic E-state index is 6.36. The molecule has 1 heterocycles. The highest BCUT2D eigenvalue weighted by Gasteiger charge is 2.12. The lowest BCUT2D eigenvalue weighted by Crippen LogP contribution is -2.36. The summed E-state index contributed by atoms with van der Waals surface area (Å²) in [6, 6.07) is 17.2. The third-order valence-corrected chi connectivity index (χ3v) is 5.80. The highest BCUT2D eigenvalue weighted by atomic mass is 15.3. The van der Waals surface area contributed by atoms with E-state index in [1.165, 1.54) is 16.8 Å². The third kappa shape index (κ3) is 6.16. The van der Waals surface area contributed by atoms with Crippen molar-refractivity contribution in [3.8, 4) is 11.4 Å². The van der Waals surface area contributed by atoms with Gasteiger partial charge in [-0.3, -0.25) is 0 Å². The number of nitrogens with one attached hydrogen (secondary N) is 1. The smallest absolute Gasteiger partial charge is 0.159 e. The van der Waals surface area contributed by atoms with Crippen molar-refractivity contribution >= 4 is 17.8 Å². The molecule has 0 spiro atoms. The topological polar surface area (TPSA) is 55.9 Å². The number of anilines is 1. The quantitative estimate of drug-likeness (QED) is 0.473. The molecule has 1 aliphatic carbocycles. The molecule has 0 bridgehead atoms. The van der Waals surface area contributed by atoms with Gasteiger partial charge in [0.05, 0.1) is 10.7 Å². The van der Waals surface area contributed by atoms with E-state index < -0.39 is 0 Å². The van der Waals surface area contributed by atoms with Crippen LogP contribution in [-0.4, -0.2) is 9.66 Å². The predicted molar refractivity (Wildman–Crippen MR) is 143 cm³/mol. The van der Waals surface area contributed by atoms with Gasteiger partial charge in [0.25, 0.3) is 0 Å². The Morgan fingerprint density at radius 1 is 1.12 bits per heavy atom. The van der Waals surface area contributed by atoms with Crippen molar-refractivity contribution in [1.29, 1.82) is 0 Å². The monoisotopic (exact) mass is 442 g/mol. The number of nitrogens with two attached hydrogens (primary N) is 1. The van der Waals surface area contributed by atoms with E-state index in [0.29, 0.717) is 5.92 Å². The summed E-state index contributed by atoms with van der Waals surface area (Å²) >= 11 is 0. The van der Waals surface area contributed by atoms with Crippen molar-refractivity contribution in [2.24, 2.45) is 5.92 Å². The zero-order valence-corrected chi connectivity index (χ0v) is 20.7. The largest absolute Gasteiger partial charge is 0.359 e. The first-order valence-electron chi connectivity index (χ1n) is 12.2. The van der Waals surface area contributed by atoms with E-state index in [1.807, 2.05) is 13.8 Å². The molecule has 3 N–H and O–H groups in total. The van der Waals surface area contributed by atoms with Crippen LogP contribution in [0.4, 0.5) is 5.69 Å². The van der Waals surface area contributed by atoms with Crippen LogP contribution in [0.3, 0.4) is 0 Å². The van der Waals surface area contributed by atoms with Gasteiger partial charge in [0.15, 0.2) is 5.82 Å². The zero-order chi connectivity index (χ0) is 23.8. The SMILES string of the molecule is CC.CCC=C(CCc1ccc(C)cc1)Nc1ccc(-c2nc3c(n2N)=CC(C)CC=3)cc1. The standard InChI is InChI=1S/C27H32N4.C2H6/c1-4-5-23(14-11-21-9-6-19(2)7-10-21)29-24-15-12-22(13-16-24)27-30-25-17-8-20(3)18-26(25)31(27)28;1-2/h5-7,9-10,12-13,15-18,20,29H,4,8,11,14,28H2,1-3H3;1-2H3. The van der Waals surface area contributed by atoms with Gasteiger partial charge in [-0.25, -0.2) is 9.66 Å². The zero-order valence-electron chi connectivity index (χ0n) is 20.7. The molecule has 4 nitrogen and oxygen atoms in total. The fourth-order valence-corrected chi connectivity index (χ4v) is 4.00. The molecule has 4 heteroatoms. The van der Waals surface area contributed by atoms with Crippen LogP contribution in [0, 0.1) is 12.8 Å². The van der Waals surface area contributed by atoms with Gasteiger partial charge >= 0.3 is 0 Å². The lowest BCUT2D eigenvalue weighted by Gasteiger charge is -2.12. The van der Waals surface area contributed by atoms with E-state index in [4.69, 9.17) is 10.8 Å². The third-order valence-electron chi connectivity index (χ3n) is 5.80. The van der Waals surface area contributed by atoms with Gasteiger partial charge in [-0.15, -0.1) is 0 Å². The Morgan fingerprint density at radius 3 is 2.48 bits per heavy atom. The molecule has 1 aliphatic rings. The van der Waals surface area contributed by atoms with E-state index >= 15 is 0 Å². The van der Waals surface area contributed by atoms with Gasteiger partial charge in [0.2, 0.25) is 0 Å². The van der Waals surface area contributed by atoms with E-state index in [9.17, 15) is 0 Å². The minimum atomic E-state index is 0.495. The first-order chi connectivity index (χ1) is 16.0. The van der Waals surface area contributed by atoms with Crippen molar-refractivity contribution in [2.45, 2.75) is 60.3 Å². The predicted octanol–water partition coefficient (Wildman–Crippen LogP) is 5.54. The molecule has 0 saturated heterocycles. The molecule has 33 heavy (non-hydrogen) atoms. The van der Waals surface area contributed by atoms with Crippen molar-refractivity contribution in [1.82, 2.24) is 9.66 Å². The van der Waals surface area contributed by atoms with Crippen LogP contribution in [0.1, 0.15) is 58.1 Å². The number of rotatable bonds is 7. The highest BCUT2D eigenvalue weighted by molar-refractivity contribution is 5.62. The second-order valence-electron chi connectivity index (χ2n) is 8.49. The maximum Gasteiger partial charge on any atom is 0.159 e. The number of benzene rings is 2. The number of aromatic nitrogens is 2. The minimum absolute atomic E-state index is 0.495. The molecule has 0 amide bonds. The summed E-state index contributed by atoms with van der Waals surface area (Å²) in [6.07, 6.45) is 10.7. The number of allylic oxidation sites excluding steroid dienone is 2.